The van der Waals surface area contributed by atoms with E-state index in [1.807, 2.05) is 33.0 Å². The summed E-state index contributed by atoms with van der Waals surface area (Å²) in [4.78, 5) is 3.43. The smallest absolute Gasteiger partial charge is 0.147 e. The van der Waals surface area contributed by atoms with Gasteiger partial charge in [0.25, 0.3) is 0 Å². The lowest BCUT2D eigenvalue weighted by molar-refractivity contribution is -0.0579. The van der Waals surface area contributed by atoms with Crippen LogP contribution in [-0.2, 0) is 29.7 Å². The number of aromatic nitrogens is 3. The first-order chi connectivity index (χ1) is 11.7. The number of rotatable bonds is 7. The monoisotopic (exact) mass is 329 g/mol. The highest BCUT2D eigenvalue weighted by Crippen LogP contribution is 2.33. The number of aromatic amines is 1. The van der Waals surface area contributed by atoms with Gasteiger partial charge in [-0.25, -0.2) is 0 Å². The minimum absolute atomic E-state index is 0.0849. The van der Waals surface area contributed by atoms with Gasteiger partial charge in [-0.05, 0) is 19.9 Å². The number of hydrogen-bond donors (Lipinski definition) is 2. The number of aliphatic hydroxyl groups is 1. The van der Waals surface area contributed by atoms with Crippen LogP contribution in [0.4, 0.5) is 0 Å². The lowest BCUT2D eigenvalue weighted by Crippen LogP contribution is -1.99. The maximum Gasteiger partial charge on any atom is 0.147 e. The summed E-state index contributed by atoms with van der Waals surface area (Å²) in [6.45, 7) is 5.25. The first-order valence-electron chi connectivity index (χ1n) is 8.05. The van der Waals surface area contributed by atoms with Gasteiger partial charge in [0.1, 0.15) is 6.79 Å². The van der Waals surface area contributed by atoms with Gasteiger partial charge >= 0.3 is 0 Å². The molecule has 0 fully saturated rings. The predicted octanol–water partition coefficient (Wildman–Crippen LogP) is 2.88. The summed E-state index contributed by atoms with van der Waals surface area (Å²) in [5, 5.41) is 15.1. The van der Waals surface area contributed by atoms with Crippen LogP contribution in [0, 0.1) is 6.92 Å². The molecule has 24 heavy (non-hydrogen) atoms. The molecule has 0 amide bonds. The Bertz CT molecular complexity index is 836. The molecule has 2 heterocycles. The van der Waals surface area contributed by atoms with E-state index in [2.05, 4.69) is 22.2 Å². The molecule has 0 unspecified atom stereocenters. The lowest BCUT2D eigenvalue weighted by atomic mass is 10.0. The summed E-state index contributed by atoms with van der Waals surface area (Å²) >= 11 is 0. The van der Waals surface area contributed by atoms with Crippen LogP contribution in [0.15, 0.2) is 24.3 Å². The highest BCUT2D eigenvalue weighted by molar-refractivity contribution is 5.95. The number of fused-ring (bicyclic) bond motifs is 1. The van der Waals surface area contributed by atoms with Crippen LogP contribution < -0.4 is 0 Å². The molecule has 0 saturated carbocycles. The van der Waals surface area contributed by atoms with Crippen molar-refractivity contribution in [2.45, 2.75) is 27.1 Å². The van der Waals surface area contributed by atoms with Crippen LogP contribution in [0.3, 0.4) is 0 Å². The molecule has 0 radical (unpaired) electrons. The fourth-order valence-electron chi connectivity index (χ4n) is 2.93. The number of aryl methyl sites for hydroxylation is 1. The van der Waals surface area contributed by atoms with E-state index in [9.17, 15) is 5.11 Å². The van der Waals surface area contributed by atoms with Crippen LogP contribution in [0.5, 0.6) is 0 Å². The van der Waals surface area contributed by atoms with Gasteiger partial charge in [0, 0.05) is 41.6 Å². The van der Waals surface area contributed by atoms with Gasteiger partial charge < -0.3 is 19.6 Å². The third-order valence-corrected chi connectivity index (χ3v) is 4.17. The Morgan fingerprint density at radius 1 is 1.29 bits per heavy atom. The number of nitrogens with zero attached hydrogens (tertiary/aromatic N) is 2. The molecule has 128 valence electrons. The zero-order valence-electron chi connectivity index (χ0n) is 14.3. The molecule has 1 aromatic carbocycles. The van der Waals surface area contributed by atoms with Crippen LogP contribution in [0.25, 0.3) is 22.0 Å². The van der Waals surface area contributed by atoms with Crippen molar-refractivity contribution in [2.24, 2.45) is 7.05 Å². The maximum absolute atomic E-state index is 9.64. The topological polar surface area (TPSA) is 72.3 Å². The second-order valence-electron chi connectivity index (χ2n) is 5.71. The van der Waals surface area contributed by atoms with Crippen molar-refractivity contribution >= 4 is 10.9 Å². The van der Waals surface area contributed by atoms with E-state index < -0.39 is 0 Å². The van der Waals surface area contributed by atoms with Gasteiger partial charge in [0.2, 0.25) is 0 Å². The molecular formula is C18H23N3O3. The van der Waals surface area contributed by atoms with Crippen LogP contribution >= 0.6 is 0 Å². The normalized spacial score (nSPS) is 11.5. The average molecular weight is 329 g/mol. The first kappa shape index (κ1) is 16.7. The zero-order valence-corrected chi connectivity index (χ0v) is 14.3. The fourth-order valence-corrected chi connectivity index (χ4v) is 2.93. The standard InChI is InChI=1S/C18H23N3O3/c1-4-23-11-24-10-14-8-13-6-5-7-15(18(13)19-14)17-12(2)21(3)20-16(17)9-22/h5-8,19,22H,4,9-11H2,1-3H3. The highest BCUT2D eigenvalue weighted by Gasteiger charge is 2.17. The van der Waals surface area contributed by atoms with Crippen molar-refractivity contribution in [1.29, 1.82) is 0 Å². The Labute approximate surface area is 141 Å². The van der Waals surface area contributed by atoms with Crippen molar-refractivity contribution in [3.8, 4) is 11.1 Å². The van der Waals surface area contributed by atoms with Gasteiger partial charge in [-0.3, -0.25) is 4.68 Å². The van der Waals surface area contributed by atoms with E-state index in [4.69, 9.17) is 9.47 Å². The molecule has 0 spiro atoms. The van der Waals surface area contributed by atoms with Gasteiger partial charge in [-0.15, -0.1) is 0 Å². The SMILES string of the molecule is CCOCOCc1cc2cccc(-c3c(CO)nn(C)c3C)c2[nH]1. The van der Waals surface area contributed by atoms with Crippen LogP contribution in [-0.4, -0.2) is 33.3 Å². The molecule has 0 aliphatic rings. The van der Waals surface area contributed by atoms with Gasteiger partial charge in [-0.2, -0.15) is 5.10 Å². The Morgan fingerprint density at radius 2 is 2.12 bits per heavy atom. The molecule has 3 aromatic rings. The first-order valence-corrected chi connectivity index (χ1v) is 8.05. The summed E-state index contributed by atoms with van der Waals surface area (Å²) < 4.78 is 12.5. The highest BCUT2D eigenvalue weighted by atomic mass is 16.7. The minimum Gasteiger partial charge on any atom is -0.390 e. The van der Waals surface area contributed by atoms with Crippen molar-refractivity contribution in [3.63, 3.8) is 0 Å². The van der Waals surface area contributed by atoms with Crippen LogP contribution in [0.1, 0.15) is 24.0 Å². The van der Waals surface area contributed by atoms with E-state index in [0.29, 0.717) is 18.9 Å². The molecule has 6 nitrogen and oxygen atoms in total. The number of benzene rings is 1. The van der Waals surface area contributed by atoms with Gasteiger partial charge in [0.05, 0.1) is 24.4 Å². The number of H-pyrrole nitrogens is 1. The number of nitrogens with one attached hydrogen (secondary N) is 1. The number of ether oxygens (including phenoxy) is 2. The second-order valence-corrected chi connectivity index (χ2v) is 5.71. The lowest BCUT2D eigenvalue weighted by Gasteiger charge is -2.05. The van der Waals surface area contributed by atoms with E-state index in [0.717, 1.165) is 33.4 Å². The third-order valence-electron chi connectivity index (χ3n) is 4.17. The Hall–Kier alpha value is -2.15. The number of hydrogen-bond acceptors (Lipinski definition) is 4. The quantitative estimate of drug-likeness (QED) is 0.516. The third kappa shape index (κ3) is 3.08. The van der Waals surface area contributed by atoms with Gasteiger partial charge in [0.15, 0.2) is 0 Å². The van der Waals surface area contributed by atoms with E-state index in [1.165, 1.54) is 0 Å². The molecule has 0 atom stereocenters. The Balaban J connectivity index is 1.99. The van der Waals surface area contributed by atoms with Crippen molar-refractivity contribution in [2.75, 3.05) is 13.4 Å². The molecule has 0 aliphatic carbocycles. The second kappa shape index (κ2) is 7.17. The Morgan fingerprint density at radius 3 is 2.88 bits per heavy atom. The molecule has 3 rings (SSSR count). The average Bonchev–Trinajstić information content (AvgIpc) is 3.12. The molecule has 0 bridgehead atoms. The molecule has 0 aliphatic heterocycles. The van der Waals surface area contributed by atoms with E-state index >= 15 is 0 Å². The maximum atomic E-state index is 9.64. The molecule has 2 aromatic heterocycles. The molecule has 0 saturated heterocycles. The number of para-hydroxylation sites is 1. The van der Waals surface area contributed by atoms with Crippen LogP contribution in [0.2, 0.25) is 0 Å². The summed E-state index contributed by atoms with van der Waals surface area (Å²) in [6, 6.07) is 8.21. The van der Waals surface area contributed by atoms with Crippen molar-refractivity contribution in [3.05, 3.63) is 41.3 Å². The summed E-state index contributed by atoms with van der Waals surface area (Å²) in [6.07, 6.45) is 0. The summed E-state index contributed by atoms with van der Waals surface area (Å²) in [5.74, 6) is 0. The van der Waals surface area contributed by atoms with Crippen molar-refractivity contribution < 1.29 is 14.6 Å². The zero-order chi connectivity index (χ0) is 17.1. The molecule has 6 heteroatoms. The molecular weight excluding hydrogens is 306 g/mol. The molecule has 2 N–H and O–H groups in total. The predicted molar refractivity (Wildman–Crippen MR) is 92.4 cm³/mol. The Kier molecular flexibility index (Phi) is 4.99. The summed E-state index contributed by atoms with van der Waals surface area (Å²) in [5.41, 5.74) is 5.75. The van der Waals surface area contributed by atoms with E-state index in [1.54, 1.807) is 4.68 Å². The minimum atomic E-state index is -0.0849. The van der Waals surface area contributed by atoms with Gasteiger partial charge in [-0.1, -0.05) is 18.2 Å². The largest absolute Gasteiger partial charge is 0.390 e. The van der Waals surface area contributed by atoms with Crippen molar-refractivity contribution in [1.82, 2.24) is 14.8 Å². The number of aliphatic hydroxyl groups excluding tert-OH is 1. The van der Waals surface area contributed by atoms with E-state index in [-0.39, 0.29) is 13.4 Å². The summed E-state index contributed by atoms with van der Waals surface area (Å²) in [7, 11) is 1.89. The fraction of sp³-hybridized carbons (Fsp3) is 0.389.